The van der Waals surface area contributed by atoms with Gasteiger partial charge in [0.1, 0.15) is 7.05 Å². The zero-order valence-electron chi connectivity index (χ0n) is 5.67. The van der Waals surface area contributed by atoms with Crippen LogP contribution in [0.25, 0.3) is 0 Å². The van der Waals surface area contributed by atoms with Crippen LogP contribution in [0, 0.1) is 6.92 Å². The lowest BCUT2D eigenvalue weighted by molar-refractivity contribution is -0.738. The van der Waals surface area contributed by atoms with E-state index in [0.29, 0.717) is 0 Å². The highest BCUT2D eigenvalue weighted by molar-refractivity contribution is 4.55. The highest BCUT2D eigenvalue weighted by Gasteiger charge is 2.04. The topological polar surface area (TPSA) is 34.6 Å². The van der Waals surface area contributed by atoms with Crippen molar-refractivity contribution in [3.63, 3.8) is 0 Å². The Labute approximate surface area is 70.9 Å². The molecule has 0 aliphatic heterocycles. The number of tetrazole rings is 1. The van der Waals surface area contributed by atoms with Gasteiger partial charge in [-0.05, 0) is 4.80 Å². The Kier molecular flexibility index (Phi) is 3.02. The summed E-state index contributed by atoms with van der Waals surface area (Å²) >= 11 is 0. The molecule has 5 heteroatoms. The lowest BCUT2D eigenvalue weighted by atomic mass is 10.7. The van der Waals surface area contributed by atoms with E-state index in [1.807, 2.05) is 14.0 Å². The third-order valence-corrected chi connectivity index (χ3v) is 1.02. The molecule has 1 aromatic heterocycles. The van der Waals surface area contributed by atoms with Gasteiger partial charge in [-0.1, -0.05) is 0 Å². The predicted molar refractivity (Wildman–Crippen MR) is 26.9 cm³/mol. The van der Waals surface area contributed by atoms with Crippen molar-refractivity contribution >= 4 is 0 Å². The van der Waals surface area contributed by atoms with E-state index >= 15 is 0 Å². The highest BCUT2D eigenvalue weighted by Crippen LogP contribution is 1.71. The second kappa shape index (κ2) is 3.09. The summed E-state index contributed by atoms with van der Waals surface area (Å²) in [5.41, 5.74) is 0. The van der Waals surface area contributed by atoms with Crippen LogP contribution in [-0.2, 0) is 14.1 Å². The van der Waals surface area contributed by atoms with Gasteiger partial charge in [-0.3, -0.25) is 0 Å². The molecule has 0 radical (unpaired) electrons. The molecular formula is C4H9IN4. The van der Waals surface area contributed by atoms with Crippen LogP contribution < -0.4 is 28.7 Å². The van der Waals surface area contributed by atoms with E-state index in [4.69, 9.17) is 0 Å². The van der Waals surface area contributed by atoms with Crippen molar-refractivity contribution in [1.29, 1.82) is 0 Å². The first-order valence-electron chi connectivity index (χ1n) is 2.44. The van der Waals surface area contributed by atoms with Crippen molar-refractivity contribution in [1.82, 2.24) is 15.1 Å². The summed E-state index contributed by atoms with van der Waals surface area (Å²) in [7, 11) is 3.66. The van der Waals surface area contributed by atoms with Gasteiger partial charge in [0.05, 0.1) is 17.4 Å². The molecule has 9 heavy (non-hydrogen) atoms. The third kappa shape index (κ3) is 1.88. The van der Waals surface area contributed by atoms with Crippen LogP contribution in [0.15, 0.2) is 0 Å². The second-order valence-corrected chi connectivity index (χ2v) is 1.75. The van der Waals surface area contributed by atoms with E-state index in [-0.39, 0.29) is 24.0 Å². The molecule has 0 bridgehead atoms. The van der Waals surface area contributed by atoms with Crippen LogP contribution in [0.4, 0.5) is 0 Å². The zero-order chi connectivity index (χ0) is 6.15. The second-order valence-electron chi connectivity index (χ2n) is 1.75. The summed E-state index contributed by atoms with van der Waals surface area (Å²) in [5.74, 6) is 0.924. The quantitative estimate of drug-likeness (QED) is 0.342. The fourth-order valence-corrected chi connectivity index (χ4v) is 0.553. The van der Waals surface area contributed by atoms with E-state index in [1.54, 1.807) is 11.7 Å². The van der Waals surface area contributed by atoms with Crippen LogP contribution in [0.2, 0.25) is 0 Å². The number of hydrogen-bond acceptors (Lipinski definition) is 2. The first kappa shape index (κ1) is 8.80. The molecule has 1 aromatic rings. The van der Waals surface area contributed by atoms with Gasteiger partial charge in [0.15, 0.2) is 0 Å². The Morgan fingerprint density at radius 1 is 1.56 bits per heavy atom. The summed E-state index contributed by atoms with van der Waals surface area (Å²) in [6.45, 7) is 1.91. The minimum Gasteiger partial charge on any atom is -1.00 e. The van der Waals surface area contributed by atoms with Crippen LogP contribution in [0.5, 0.6) is 0 Å². The van der Waals surface area contributed by atoms with Crippen molar-refractivity contribution in [2.75, 3.05) is 0 Å². The van der Waals surface area contributed by atoms with Gasteiger partial charge in [-0.15, -0.1) is 4.68 Å². The van der Waals surface area contributed by atoms with Crippen LogP contribution in [-0.4, -0.2) is 15.1 Å². The molecule has 0 amide bonds. The summed E-state index contributed by atoms with van der Waals surface area (Å²) in [5, 5.41) is 7.91. The highest BCUT2D eigenvalue weighted by atomic mass is 127. The van der Waals surface area contributed by atoms with Crippen molar-refractivity contribution in [3.05, 3.63) is 5.82 Å². The number of aromatic nitrogens is 4. The molecular weight excluding hydrogens is 231 g/mol. The Bertz CT molecular complexity index is 175. The van der Waals surface area contributed by atoms with Crippen LogP contribution in [0.3, 0.4) is 0 Å². The zero-order valence-corrected chi connectivity index (χ0v) is 7.82. The van der Waals surface area contributed by atoms with Crippen molar-refractivity contribution in [2.24, 2.45) is 14.1 Å². The standard InChI is InChI=1S/C4H9N4.HI/c1-4-5-8(3)6-7(4)2;/h1-3H3;1H/q+1;/p-1. The van der Waals surface area contributed by atoms with Crippen molar-refractivity contribution < 1.29 is 28.7 Å². The SMILES string of the molecule is Cc1nn(C)n[n+]1C.[I-]. The number of halogens is 1. The average molecular weight is 240 g/mol. The number of rotatable bonds is 0. The monoisotopic (exact) mass is 240 g/mol. The molecule has 1 heterocycles. The lowest BCUT2D eigenvalue weighted by Gasteiger charge is -1.72. The molecule has 0 N–H and O–H groups in total. The fraction of sp³-hybridized carbons (Fsp3) is 0.750. The van der Waals surface area contributed by atoms with Crippen molar-refractivity contribution in [2.45, 2.75) is 6.92 Å². The molecule has 4 nitrogen and oxygen atoms in total. The summed E-state index contributed by atoms with van der Waals surface area (Å²) in [6, 6.07) is 0. The maximum atomic E-state index is 3.98. The molecule has 0 saturated carbocycles. The Hall–Kier alpha value is -0.200. The Morgan fingerprint density at radius 3 is 2.22 bits per heavy atom. The van der Waals surface area contributed by atoms with E-state index in [9.17, 15) is 0 Å². The summed E-state index contributed by atoms with van der Waals surface area (Å²) < 4.78 is 1.72. The number of nitrogens with zero attached hydrogens (tertiary/aromatic N) is 4. The van der Waals surface area contributed by atoms with Crippen LogP contribution >= 0.6 is 0 Å². The van der Waals surface area contributed by atoms with Gasteiger partial charge in [0, 0.05) is 6.92 Å². The molecule has 0 aliphatic carbocycles. The lowest BCUT2D eigenvalue weighted by Crippen LogP contribution is -3.00. The van der Waals surface area contributed by atoms with Gasteiger partial charge in [-0.25, -0.2) is 0 Å². The maximum Gasteiger partial charge on any atom is 0.295 e. The van der Waals surface area contributed by atoms with Gasteiger partial charge >= 0.3 is 0 Å². The fourth-order valence-electron chi connectivity index (χ4n) is 0.553. The molecule has 0 atom stereocenters. The molecule has 0 aliphatic rings. The van der Waals surface area contributed by atoms with Gasteiger partial charge in [0.25, 0.3) is 5.82 Å². The first-order chi connectivity index (χ1) is 3.70. The maximum absolute atomic E-state index is 3.98. The smallest absolute Gasteiger partial charge is 0.295 e. The summed E-state index contributed by atoms with van der Waals surface area (Å²) in [4.78, 5) is 1.54. The summed E-state index contributed by atoms with van der Waals surface area (Å²) in [6.07, 6.45) is 0. The van der Waals surface area contributed by atoms with Gasteiger partial charge in [-0.2, -0.15) is 0 Å². The Morgan fingerprint density at radius 2 is 2.11 bits per heavy atom. The molecule has 0 spiro atoms. The molecule has 0 saturated heterocycles. The number of hydrogen-bond donors (Lipinski definition) is 0. The van der Waals surface area contributed by atoms with E-state index in [1.165, 1.54) is 4.80 Å². The minimum absolute atomic E-state index is 0. The molecule has 1 rings (SSSR count). The van der Waals surface area contributed by atoms with Crippen LogP contribution in [0.1, 0.15) is 5.82 Å². The van der Waals surface area contributed by atoms with E-state index in [2.05, 4.69) is 10.3 Å². The minimum atomic E-state index is 0. The van der Waals surface area contributed by atoms with Gasteiger partial charge < -0.3 is 24.0 Å². The normalized spacial score (nSPS) is 8.78. The molecule has 0 fully saturated rings. The van der Waals surface area contributed by atoms with Gasteiger partial charge in [0.2, 0.25) is 0 Å². The molecule has 52 valence electrons. The predicted octanol–water partition coefficient (Wildman–Crippen LogP) is -4.05. The van der Waals surface area contributed by atoms with E-state index < -0.39 is 0 Å². The Balaban J connectivity index is 0.000000640. The van der Waals surface area contributed by atoms with E-state index in [0.717, 1.165) is 5.82 Å². The average Bonchev–Trinajstić information content (AvgIpc) is 1.85. The number of aryl methyl sites for hydroxylation is 3. The third-order valence-electron chi connectivity index (χ3n) is 1.02. The largest absolute Gasteiger partial charge is 1.00 e. The van der Waals surface area contributed by atoms with Crippen molar-refractivity contribution in [3.8, 4) is 0 Å². The molecule has 0 aromatic carbocycles. The first-order valence-corrected chi connectivity index (χ1v) is 2.44. The molecule has 0 unspecified atom stereocenters.